The summed E-state index contributed by atoms with van der Waals surface area (Å²) in [6.07, 6.45) is 3.26. The zero-order valence-electron chi connectivity index (χ0n) is 15.6. The van der Waals surface area contributed by atoms with Gasteiger partial charge >= 0.3 is 0 Å². The number of nitrogens with one attached hydrogen (secondary N) is 2. The Balaban J connectivity index is 1.66. The Kier molecular flexibility index (Phi) is 5.08. The molecule has 0 atom stereocenters. The lowest BCUT2D eigenvalue weighted by Gasteiger charge is -2.08. The van der Waals surface area contributed by atoms with E-state index in [4.69, 9.17) is 23.2 Å². The van der Waals surface area contributed by atoms with E-state index in [1.807, 2.05) is 6.07 Å². The molecule has 0 bridgehead atoms. The fraction of sp³-hybridized carbons (Fsp3) is 0.100. The molecule has 3 heterocycles. The molecule has 0 spiro atoms. The van der Waals surface area contributed by atoms with Crippen molar-refractivity contribution in [1.82, 2.24) is 24.8 Å². The van der Waals surface area contributed by atoms with E-state index in [2.05, 4.69) is 25.3 Å². The number of pyridine rings is 1. The summed E-state index contributed by atoms with van der Waals surface area (Å²) in [5, 5.41) is 5.01. The Morgan fingerprint density at radius 3 is 2.59 bits per heavy atom. The van der Waals surface area contributed by atoms with Gasteiger partial charge in [0.15, 0.2) is 0 Å². The summed E-state index contributed by atoms with van der Waals surface area (Å²) in [5.74, 6) is 0.261. The molecule has 146 valence electrons. The fourth-order valence-electron chi connectivity index (χ4n) is 2.86. The molecule has 1 aromatic carbocycles. The van der Waals surface area contributed by atoms with Crippen molar-refractivity contribution in [2.75, 3.05) is 19.4 Å². The summed E-state index contributed by atoms with van der Waals surface area (Å²) in [6, 6.07) is 10.6. The van der Waals surface area contributed by atoms with Gasteiger partial charge < -0.3 is 15.2 Å². The highest BCUT2D eigenvalue weighted by molar-refractivity contribution is 6.35. The van der Waals surface area contributed by atoms with Gasteiger partial charge in [-0.15, -0.1) is 0 Å². The molecule has 3 aromatic heterocycles. The molecule has 4 rings (SSSR count). The van der Waals surface area contributed by atoms with Gasteiger partial charge in [0.2, 0.25) is 5.95 Å². The first kappa shape index (κ1) is 19.2. The number of aromatic nitrogens is 4. The van der Waals surface area contributed by atoms with E-state index >= 15 is 0 Å². The van der Waals surface area contributed by atoms with E-state index in [9.17, 15) is 4.79 Å². The molecule has 2 N–H and O–H groups in total. The van der Waals surface area contributed by atoms with E-state index in [1.165, 1.54) is 4.90 Å². The van der Waals surface area contributed by atoms with Gasteiger partial charge in [0.25, 0.3) is 5.91 Å². The van der Waals surface area contributed by atoms with Gasteiger partial charge in [-0.2, -0.15) is 0 Å². The molecular formula is C20H16Cl2N6O. The molecule has 9 heteroatoms. The normalized spacial score (nSPS) is 10.9. The summed E-state index contributed by atoms with van der Waals surface area (Å²) in [6.45, 7) is 0. The van der Waals surface area contributed by atoms with Crippen molar-refractivity contribution >= 4 is 51.6 Å². The maximum Gasteiger partial charge on any atom is 0.269 e. The molecule has 0 saturated heterocycles. The molecule has 0 unspecified atom stereocenters. The first-order valence-corrected chi connectivity index (χ1v) is 9.42. The quantitative estimate of drug-likeness (QED) is 0.490. The standard InChI is InChI=1S/C20H16Cl2N6O/c1-28(2)19(29)17-8-11-7-13(10-14(22)18(11)26-17)25-20-24-6-4-15(27-20)16-9-12(21)3-5-23-16/h3-10,26H,1-2H3,(H,24,25,27). The van der Waals surface area contributed by atoms with E-state index in [1.54, 1.807) is 56.8 Å². The minimum atomic E-state index is -0.128. The average molecular weight is 427 g/mol. The third kappa shape index (κ3) is 4.01. The van der Waals surface area contributed by atoms with Crippen LogP contribution in [0.3, 0.4) is 0 Å². The van der Waals surface area contributed by atoms with Gasteiger partial charge in [-0.05, 0) is 36.4 Å². The summed E-state index contributed by atoms with van der Waals surface area (Å²) in [7, 11) is 3.39. The number of nitrogens with zero attached hydrogens (tertiary/aromatic N) is 4. The summed E-state index contributed by atoms with van der Waals surface area (Å²) in [4.78, 5) is 29.8. The summed E-state index contributed by atoms with van der Waals surface area (Å²) < 4.78 is 0. The Morgan fingerprint density at radius 1 is 1.03 bits per heavy atom. The van der Waals surface area contributed by atoms with Crippen LogP contribution in [0, 0.1) is 0 Å². The largest absolute Gasteiger partial charge is 0.349 e. The third-order valence-electron chi connectivity index (χ3n) is 4.21. The van der Waals surface area contributed by atoms with E-state index in [-0.39, 0.29) is 5.91 Å². The molecule has 4 aromatic rings. The van der Waals surface area contributed by atoms with Crippen LogP contribution < -0.4 is 5.32 Å². The number of halogens is 2. The average Bonchev–Trinajstić information content (AvgIpc) is 3.12. The predicted octanol–water partition coefficient (Wildman–Crippen LogP) is 4.77. The van der Waals surface area contributed by atoms with Crippen molar-refractivity contribution in [3.63, 3.8) is 0 Å². The van der Waals surface area contributed by atoms with Crippen LogP contribution in [-0.2, 0) is 0 Å². The van der Waals surface area contributed by atoms with Crippen LogP contribution in [0.15, 0.2) is 48.8 Å². The molecule has 0 fully saturated rings. The molecule has 0 aliphatic heterocycles. The Labute approximate surface area is 176 Å². The minimum absolute atomic E-state index is 0.128. The number of H-pyrrole nitrogens is 1. The third-order valence-corrected chi connectivity index (χ3v) is 4.75. The maximum atomic E-state index is 12.2. The van der Waals surface area contributed by atoms with Crippen LogP contribution >= 0.6 is 23.2 Å². The number of carbonyl (C=O) groups is 1. The molecule has 0 radical (unpaired) electrons. The lowest BCUT2D eigenvalue weighted by molar-refractivity contribution is 0.0823. The minimum Gasteiger partial charge on any atom is -0.349 e. The Hall–Kier alpha value is -3.16. The lowest BCUT2D eigenvalue weighted by atomic mass is 10.2. The van der Waals surface area contributed by atoms with Gasteiger partial charge in [0.1, 0.15) is 5.69 Å². The second kappa shape index (κ2) is 7.69. The van der Waals surface area contributed by atoms with Crippen LogP contribution in [0.2, 0.25) is 10.0 Å². The van der Waals surface area contributed by atoms with E-state index in [0.717, 1.165) is 5.39 Å². The van der Waals surface area contributed by atoms with Crippen LogP contribution in [-0.4, -0.2) is 44.8 Å². The van der Waals surface area contributed by atoms with Gasteiger partial charge in [-0.3, -0.25) is 9.78 Å². The monoisotopic (exact) mass is 426 g/mol. The van der Waals surface area contributed by atoms with Gasteiger partial charge in [-0.25, -0.2) is 9.97 Å². The molecule has 0 saturated carbocycles. The highest BCUT2D eigenvalue weighted by atomic mass is 35.5. The van der Waals surface area contributed by atoms with Gasteiger partial charge in [-0.1, -0.05) is 23.2 Å². The topological polar surface area (TPSA) is 86.8 Å². The van der Waals surface area contributed by atoms with E-state index < -0.39 is 0 Å². The molecule has 29 heavy (non-hydrogen) atoms. The van der Waals surface area contributed by atoms with E-state index in [0.29, 0.717) is 44.3 Å². The highest BCUT2D eigenvalue weighted by Gasteiger charge is 2.14. The number of carbonyl (C=O) groups excluding carboxylic acids is 1. The van der Waals surface area contributed by atoms with Crippen LogP contribution in [0.1, 0.15) is 10.5 Å². The van der Waals surface area contributed by atoms with Crippen molar-refractivity contribution in [3.8, 4) is 11.4 Å². The Morgan fingerprint density at radius 2 is 1.83 bits per heavy atom. The van der Waals surface area contributed by atoms with Gasteiger partial charge in [0.05, 0.1) is 21.9 Å². The Bertz CT molecular complexity index is 1220. The zero-order chi connectivity index (χ0) is 20.5. The number of amides is 1. The molecule has 0 aliphatic carbocycles. The van der Waals surface area contributed by atoms with Gasteiger partial charge in [0, 0.05) is 42.6 Å². The maximum absolute atomic E-state index is 12.2. The second-order valence-electron chi connectivity index (χ2n) is 6.55. The number of aromatic amines is 1. The number of fused-ring (bicyclic) bond motifs is 1. The number of hydrogen-bond donors (Lipinski definition) is 2. The van der Waals surface area contributed by atoms with Crippen molar-refractivity contribution in [1.29, 1.82) is 0 Å². The first-order valence-electron chi connectivity index (χ1n) is 8.66. The number of hydrogen-bond acceptors (Lipinski definition) is 5. The zero-order valence-corrected chi connectivity index (χ0v) is 17.1. The van der Waals surface area contributed by atoms with Crippen molar-refractivity contribution in [2.45, 2.75) is 0 Å². The van der Waals surface area contributed by atoms with Crippen LogP contribution in [0.5, 0.6) is 0 Å². The lowest BCUT2D eigenvalue weighted by Crippen LogP contribution is -2.21. The second-order valence-corrected chi connectivity index (χ2v) is 7.40. The van der Waals surface area contributed by atoms with Crippen molar-refractivity contribution < 1.29 is 4.79 Å². The molecular weight excluding hydrogens is 411 g/mol. The number of anilines is 2. The van der Waals surface area contributed by atoms with Crippen LogP contribution in [0.25, 0.3) is 22.3 Å². The van der Waals surface area contributed by atoms with Crippen LogP contribution in [0.4, 0.5) is 11.6 Å². The number of benzene rings is 1. The highest BCUT2D eigenvalue weighted by Crippen LogP contribution is 2.30. The molecule has 1 amide bonds. The SMILES string of the molecule is CN(C)C(=O)c1cc2cc(Nc3nccc(-c4cc(Cl)ccn4)n3)cc(Cl)c2[nH]1. The summed E-state index contributed by atoms with van der Waals surface area (Å²) >= 11 is 12.4. The predicted molar refractivity (Wildman–Crippen MR) is 115 cm³/mol. The molecule has 0 aliphatic rings. The van der Waals surface area contributed by atoms with Crippen molar-refractivity contribution in [2.24, 2.45) is 0 Å². The smallest absolute Gasteiger partial charge is 0.269 e. The fourth-order valence-corrected chi connectivity index (χ4v) is 3.30. The number of rotatable bonds is 4. The van der Waals surface area contributed by atoms with Crippen molar-refractivity contribution in [3.05, 3.63) is 64.5 Å². The molecule has 7 nitrogen and oxygen atoms in total. The summed E-state index contributed by atoms with van der Waals surface area (Å²) in [5.41, 5.74) is 3.14. The first-order chi connectivity index (χ1) is 13.9.